The maximum Gasteiger partial charge on any atom is 0.325 e. The number of benzene rings is 1. The van der Waals surface area contributed by atoms with E-state index in [0.717, 1.165) is 16.5 Å². The number of hydrogen-bond acceptors (Lipinski definition) is 3. The SMILES string of the molecule is CCC1(CC)NC(=O)N(Cc2cccc3cccnc23)C1=O. The average molecular weight is 297 g/mol. The van der Waals surface area contributed by atoms with Gasteiger partial charge in [-0.2, -0.15) is 0 Å². The van der Waals surface area contributed by atoms with Crippen LogP contribution in [0.1, 0.15) is 32.3 Å². The van der Waals surface area contributed by atoms with Gasteiger partial charge in [0, 0.05) is 11.6 Å². The fourth-order valence-corrected chi connectivity index (χ4v) is 3.01. The predicted molar refractivity (Wildman–Crippen MR) is 84.1 cm³/mol. The number of nitrogens with zero attached hydrogens (tertiary/aromatic N) is 2. The number of amides is 3. The van der Waals surface area contributed by atoms with Gasteiger partial charge in [0.15, 0.2) is 0 Å². The van der Waals surface area contributed by atoms with Crippen LogP contribution in [0.15, 0.2) is 36.5 Å². The normalized spacial score (nSPS) is 17.1. The molecule has 0 spiro atoms. The molecule has 114 valence electrons. The second kappa shape index (κ2) is 5.40. The molecule has 0 bridgehead atoms. The Labute approximate surface area is 129 Å². The Kier molecular flexibility index (Phi) is 3.56. The fourth-order valence-electron chi connectivity index (χ4n) is 3.01. The number of rotatable bonds is 4. The van der Waals surface area contributed by atoms with E-state index in [2.05, 4.69) is 10.3 Å². The molecule has 3 amide bonds. The first kappa shape index (κ1) is 14.5. The van der Waals surface area contributed by atoms with Crippen LogP contribution in [-0.2, 0) is 11.3 Å². The number of nitrogens with one attached hydrogen (secondary N) is 1. The van der Waals surface area contributed by atoms with Gasteiger partial charge in [-0.25, -0.2) is 4.79 Å². The minimum absolute atomic E-state index is 0.143. The van der Waals surface area contributed by atoms with Gasteiger partial charge in [-0.05, 0) is 24.5 Å². The summed E-state index contributed by atoms with van der Waals surface area (Å²) in [5, 5.41) is 3.86. The summed E-state index contributed by atoms with van der Waals surface area (Å²) in [6.45, 7) is 4.09. The molecule has 3 rings (SSSR count). The molecule has 0 atom stereocenters. The van der Waals surface area contributed by atoms with Crippen molar-refractivity contribution in [2.75, 3.05) is 0 Å². The van der Waals surface area contributed by atoms with Gasteiger partial charge >= 0.3 is 6.03 Å². The molecule has 22 heavy (non-hydrogen) atoms. The highest BCUT2D eigenvalue weighted by Gasteiger charge is 2.48. The van der Waals surface area contributed by atoms with E-state index in [1.54, 1.807) is 6.20 Å². The summed E-state index contributed by atoms with van der Waals surface area (Å²) in [5.74, 6) is -0.143. The molecule has 1 aliphatic heterocycles. The van der Waals surface area contributed by atoms with E-state index in [-0.39, 0.29) is 18.5 Å². The van der Waals surface area contributed by atoms with Crippen molar-refractivity contribution in [1.82, 2.24) is 15.2 Å². The lowest BCUT2D eigenvalue weighted by molar-refractivity contribution is -0.131. The smallest absolute Gasteiger partial charge is 0.323 e. The van der Waals surface area contributed by atoms with Crippen LogP contribution < -0.4 is 5.32 Å². The zero-order chi connectivity index (χ0) is 15.7. The van der Waals surface area contributed by atoms with Gasteiger partial charge in [0.1, 0.15) is 5.54 Å². The van der Waals surface area contributed by atoms with E-state index >= 15 is 0 Å². The Bertz CT molecular complexity index is 732. The zero-order valence-corrected chi connectivity index (χ0v) is 12.8. The van der Waals surface area contributed by atoms with E-state index in [4.69, 9.17) is 0 Å². The van der Waals surface area contributed by atoms with E-state index < -0.39 is 5.54 Å². The lowest BCUT2D eigenvalue weighted by Gasteiger charge is -2.23. The summed E-state index contributed by atoms with van der Waals surface area (Å²) < 4.78 is 0. The third-order valence-electron chi connectivity index (χ3n) is 4.50. The van der Waals surface area contributed by atoms with E-state index in [0.29, 0.717) is 12.8 Å². The molecule has 5 nitrogen and oxygen atoms in total. The standard InChI is InChI=1S/C17H19N3O2/c1-3-17(4-2)15(21)20(16(22)19-17)11-13-8-5-7-12-9-6-10-18-14(12)13/h5-10H,3-4,11H2,1-2H3,(H,19,22). The van der Waals surface area contributed by atoms with Gasteiger partial charge in [0.05, 0.1) is 12.1 Å². The predicted octanol–water partition coefficient (Wildman–Crippen LogP) is 2.85. The van der Waals surface area contributed by atoms with Crippen molar-refractivity contribution in [1.29, 1.82) is 0 Å². The second-order valence-electron chi connectivity index (χ2n) is 5.60. The first-order valence-corrected chi connectivity index (χ1v) is 7.58. The number of imide groups is 1. The minimum atomic E-state index is -0.755. The van der Waals surface area contributed by atoms with Crippen molar-refractivity contribution >= 4 is 22.8 Å². The number of carbonyl (C=O) groups is 2. The number of fused-ring (bicyclic) bond motifs is 1. The van der Waals surface area contributed by atoms with Crippen molar-refractivity contribution < 1.29 is 9.59 Å². The van der Waals surface area contributed by atoms with Crippen molar-refractivity contribution in [2.45, 2.75) is 38.8 Å². The Balaban J connectivity index is 1.96. The zero-order valence-electron chi connectivity index (χ0n) is 12.8. The summed E-state index contributed by atoms with van der Waals surface area (Å²) in [6.07, 6.45) is 2.91. The van der Waals surface area contributed by atoms with E-state index in [1.807, 2.05) is 44.2 Å². The number of carbonyl (C=O) groups excluding carboxylic acids is 2. The molecule has 0 radical (unpaired) electrons. The largest absolute Gasteiger partial charge is 0.325 e. The molecule has 2 aromatic rings. The van der Waals surface area contributed by atoms with Crippen LogP contribution in [0.5, 0.6) is 0 Å². The van der Waals surface area contributed by atoms with Crippen LogP contribution in [0.25, 0.3) is 10.9 Å². The van der Waals surface area contributed by atoms with Gasteiger partial charge in [-0.1, -0.05) is 38.1 Å². The second-order valence-corrected chi connectivity index (χ2v) is 5.60. The molecule has 0 aliphatic carbocycles. The lowest BCUT2D eigenvalue weighted by atomic mass is 9.93. The molecule has 1 fully saturated rings. The molecule has 0 unspecified atom stereocenters. The van der Waals surface area contributed by atoms with Crippen molar-refractivity contribution in [3.63, 3.8) is 0 Å². The molecular weight excluding hydrogens is 278 g/mol. The molecule has 1 aromatic carbocycles. The maximum absolute atomic E-state index is 12.7. The molecule has 0 saturated carbocycles. The van der Waals surface area contributed by atoms with Crippen LogP contribution in [0, 0.1) is 0 Å². The Hall–Kier alpha value is -2.43. The van der Waals surface area contributed by atoms with Crippen LogP contribution in [0.3, 0.4) is 0 Å². The first-order valence-electron chi connectivity index (χ1n) is 7.58. The Morgan fingerprint density at radius 1 is 1.14 bits per heavy atom. The molecule has 1 aromatic heterocycles. The van der Waals surface area contributed by atoms with Gasteiger partial charge in [0.2, 0.25) is 0 Å². The number of para-hydroxylation sites is 1. The van der Waals surface area contributed by atoms with Crippen LogP contribution in [0.2, 0.25) is 0 Å². The number of aromatic nitrogens is 1. The molecular formula is C17H19N3O2. The monoisotopic (exact) mass is 297 g/mol. The van der Waals surface area contributed by atoms with Crippen LogP contribution in [-0.4, -0.2) is 27.4 Å². The van der Waals surface area contributed by atoms with E-state index in [1.165, 1.54) is 4.90 Å². The minimum Gasteiger partial charge on any atom is -0.323 e. The molecule has 1 aliphatic rings. The van der Waals surface area contributed by atoms with Gasteiger partial charge in [0.25, 0.3) is 5.91 Å². The molecule has 1 saturated heterocycles. The maximum atomic E-state index is 12.7. The number of pyridine rings is 1. The van der Waals surface area contributed by atoms with Gasteiger partial charge < -0.3 is 5.32 Å². The third-order valence-corrected chi connectivity index (χ3v) is 4.50. The summed E-state index contributed by atoms with van der Waals surface area (Å²) >= 11 is 0. The lowest BCUT2D eigenvalue weighted by Crippen LogP contribution is -2.45. The highest BCUT2D eigenvalue weighted by Crippen LogP contribution is 2.27. The molecule has 2 heterocycles. The summed E-state index contributed by atoms with van der Waals surface area (Å²) in [6, 6.07) is 9.33. The Morgan fingerprint density at radius 3 is 2.55 bits per heavy atom. The third kappa shape index (κ3) is 2.13. The summed E-state index contributed by atoms with van der Waals surface area (Å²) in [4.78, 5) is 30.6. The Morgan fingerprint density at radius 2 is 1.86 bits per heavy atom. The summed E-state index contributed by atoms with van der Waals surface area (Å²) in [7, 11) is 0. The highest BCUT2D eigenvalue weighted by molar-refractivity contribution is 6.07. The van der Waals surface area contributed by atoms with Crippen LogP contribution >= 0.6 is 0 Å². The topological polar surface area (TPSA) is 62.3 Å². The van der Waals surface area contributed by atoms with Crippen molar-refractivity contribution in [3.05, 3.63) is 42.1 Å². The summed E-state index contributed by atoms with van der Waals surface area (Å²) in [5.41, 5.74) is 0.954. The van der Waals surface area contributed by atoms with Crippen LogP contribution in [0.4, 0.5) is 4.79 Å². The van der Waals surface area contributed by atoms with Gasteiger partial charge in [-0.3, -0.25) is 14.7 Å². The highest BCUT2D eigenvalue weighted by atomic mass is 16.2. The average Bonchev–Trinajstić information content (AvgIpc) is 2.80. The quantitative estimate of drug-likeness (QED) is 0.883. The molecule has 5 heteroatoms. The first-order chi connectivity index (χ1) is 10.6. The van der Waals surface area contributed by atoms with E-state index in [9.17, 15) is 9.59 Å². The van der Waals surface area contributed by atoms with Crippen molar-refractivity contribution in [2.24, 2.45) is 0 Å². The fraction of sp³-hybridized carbons (Fsp3) is 0.353. The molecule has 1 N–H and O–H groups in total. The van der Waals surface area contributed by atoms with Gasteiger partial charge in [-0.15, -0.1) is 0 Å². The number of hydrogen-bond donors (Lipinski definition) is 1. The number of urea groups is 1. The van der Waals surface area contributed by atoms with Crippen molar-refractivity contribution in [3.8, 4) is 0 Å².